The molecule has 20 heavy (non-hydrogen) atoms. The van der Waals surface area contributed by atoms with Crippen molar-refractivity contribution >= 4 is 17.3 Å². The van der Waals surface area contributed by atoms with Crippen molar-refractivity contribution < 1.29 is 9.26 Å². The molecule has 0 amide bonds. The molecule has 1 unspecified atom stereocenters. The quantitative estimate of drug-likeness (QED) is 0.851. The summed E-state index contributed by atoms with van der Waals surface area (Å²) in [7, 11) is 0. The number of benzene rings is 1. The van der Waals surface area contributed by atoms with Crippen LogP contribution in [0.3, 0.4) is 0 Å². The van der Waals surface area contributed by atoms with Gasteiger partial charge in [-0.15, -0.1) is 0 Å². The molecule has 1 aromatic heterocycles. The zero-order valence-corrected chi connectivity index (χ0v) is 12.5. The van der Waals surface area contributed by atoms with Gasteiger partial charge in [0.05, 0.1) is 5.56 Å². The van der Waals surface area contributed by atoms with Gasteiger partial charge in [-0.2, -0.15) is 4.98 Å². The lowest BCUT2D eigenvalue weighted by Crippen LogP contribution is -2.12. The molecule has 0 spiro atoms. The Bertz CT molecular complexity index is 584. The maximum atomic E-state index is 5.97. The highest BCUT2D eigenvalue weighted by Crippen LogP contribution is 2.30. The molecule has 0 saturated carbocycles. The molecule has 0 saturated heterocycles. The van der Waals surface area contributed by atoms with Crippen molar-refractivity contribution in [3.63, 3.8) is 0 Å². The second kappa shape index (κ2) is 6.24. The summed E-state index contributed by atoms with van der Waals surface area (Å²) in [5, 5.41) is 4.56. The minimum atomic E-state index is -0.196. The van der Waals surface area contributed by atoms with E-state index >= 15 is 0 Å². The van der Waals surface area contributed by atoms with Gasteiger partial charge in [0.15, 0.2) is 0 Å². The van der Waals surface area contributed by atoms with Crippen molar-refractivity contribution in [1.29, 1.82) is 0 Å². The molecule has 0 aliphatic rings. The standard InChI is InChI=1S/C14H18ClN3O2/c1-4-19-12(8(2)3)13-17-14(20-18-13)10-7-9(15)5-6-11(10)16/h5-8,12H,4,16H2,1-3H3. The lowest BCUT2D eigenvalue weighted by atomic mass is 10.1. The number of nitrogens with zero attached hydrogens (tertiary/aromatic N) is 2. The lowest BCUT2D eigenvalue weighted by molar-refractivity contribution is 0.0217. The molecule has 0 radical (unpaired) electrons. The predicted octanol–water partition coefficient (Wildman–Crippen LogP) is 3.71. The lowest BCUT2D eigenvalue weighted by Gasteiger charge is -2.16. The van der Waals surface area contributed by atoms with E-state index in [0.717, 1.165) is 0 Å². The second-order valence-electron chi connectivity index (χ2n) is 4.81. The topological polar surface area (TPSA) is 74.2 Å². The van der Waals surface area contributed by atoms with Gasteiger partial charge in [-0.3, -0.25) is 0 Å². The first-order valence-corrected chi connectivity index (χ1v) is 6.91. The Labute approximate surface area is 123 Å². The molecule has 1 heterocycles. The Morgan fingerprint density at radius 1 is 1.40 bits per heavy atom. The molecule has 5 nitrogen and oxygen atoms in total. The maximum absolute atomic E-state index is 5.97. The number of nitrogens with two attached hydrogens (primary N) is 1. The molecule has 0 aliphatic carbocycles. The molecule has 0 fully saturated rings. The van der Waals surface area contributed by atoms with Crippen molar-refractivity contribution in [1.82, 2.24) is 10.1 Å². The van der Waals surface area contributed by atoms with Gasteiger partial charge >= 0.3 is 0 Å². The average molecular weight is 296 g/mol. The monoisotopic (exact) mass is 295 g/mol. The summed E-state index contributed by atoms with van der Waals surface area (Å²) in [6, 6.07) is 5.14. The van der Waals surface area contributed by atoms with E-state index in [0.29, 0.717) is 34.6 Å². The van der Waals surface area contributed by atoms with Gasteiger partial charge in [-0.05, 0) is 31.0 Å². The number of nitrogen functional groups attached to an aromatic ring is 1. The van der Waals surface area contributed by atoms with Crippen molar-refractivity contribution in [3.05, 3.63) is 29.0 Å². The maximum Gasteiger partial charge on any atom is 0.260 e. The van der Waals surface area contributed by atoms with Crippen LogP contribution in [0.15, 0.2) is 22.7 Å². The molecular weight excluding hydrogens is 278 g/mol. The zero-order chi connectivity index (χ0) is 14.7. The molecule has 6 heteroatoms. The summed E-state index contributed by atoms with van der Waals surface area (Å²) in [6.07, 6.45) is -0.196. The number of hydrogen-bond acceptors (Lipinski definition) is 5. The third-order valence-electron chi connectivity index (χ3n) is 2.89. The molecule has 0 aliphatic heterocycles. The van der Waals surface area contributed by atoms with E-state index in [2.05, 4.69) is 10.1 Å². The van der Waals surface area contributed by atoms with E-state index in [4.69, 9.17) is 26.6 Å². The van der Waals surface area contributed by atoms with Crippen LogP contribution >= 0.6 is 11.6 Å². The van der Waals surface area contributed by atoms with E-state index < -0.39 is 0 Å². The van der Waals surface area contributed by atoms with E-state index in [-0.39, 0.29) is 12.0 Å². The van der Waals surface area contributed by atoms with Gasteiger partial charge in [0, 0.05) is 17.3 Å². The molecule has 0 bridgehead atoms. The summed E-state index contributed by atoms with van der Waals surface area (Å²) >= 11 is 5.97. The third-order valence-corrected chi connectivity index (χ3v) is 3.13. The highest BCUT2D eigenvalue weighted by atomic mass is 35.5. The summed E-state index contributed by atoms with van der Waals surface area (Å²) in [5.41, 5.74) is 7.09. The van der Waals surface area contributed by atoms with Crippen LogP contribution in [0, 0.1) is 5.92 Å². The van der Waals surface area contributed by atoms with Crippen LogP contribution in [-0.4, -0.2) is 16.7 Å². The van der Waals surface area contributed by atoms with Crippen LogP contribution in [0.5, 0.6) is 0 Å². The fraction of sp³-hybridized carbons (Fsp3) is 0.429. The molecule has 2 aromatic rings. The zero-order valence-electron chi connectivity index (χ0n) is 11.8. The molecule has 108 valence electrons. The minimum absolute atomic E-state index is 0.196. The molecule has 1 aromatic carbocycles. The number of aromatic nitrogens is 2. The van der Waals surface area contributed by atoms with Gasteiger partial charge < -0.3 is 15.0 Å². The second-order valence-corrected chi connectivity index (χ2v) is 5.25. The Morgan fingerprint density at radius 3 is 2.80 bits per heavy atom. The normalized spacial score (nSPS) is 12.8. The van der Waals surface area contributed by atoms with Crippen LogP contribution in [-0.2, 0) is 4.74 Å². The number of rotatable bonds is 5. The summed E-state index contributed by atoms with van der Waals surface area (Å²) < 4.78 is 10.9. The van der Waals surface area contributed by atoms with Gasteiger partial charge in [0.2, 0.25) is 5.82 Å². The Balaban J connectivity index is 2.34. The summed E-state index contributed by atoms with van der Waals surface area (Å²) in [6.45, 7) is 6.62. The smallest absolute Gasteiger partial charge is 0.260 e. The van der Waals surface area contributed by atoms with Gasteiger partial charge in [-0.1, -0.05) is 30.6 Å². The van der Waals surface area contributed by atoms with Gasteiger partial charge in [0.25, 0.3) is 5.89 Å². The van der Waals surface area contributed by atoms with Crippen LogP contribution < -0.4 is 5.73 Å². The first kappa shape index (κ1) is 14.8. The fourth-order valence-electron chi connectivity index (χ4n) is 1.92. The summed E-state index contributed by atoms with van der Waals surface area (Å²) in [5.74, 6) is 1.12. The van der Waals surface area contributed by atoms with Crippen molar-refractivity contribution in [3.8, 4) is 11.5 Å². The average Bonchev–Trinajstić information content (AvgIpc) is 2.87. The number of hydrogen-bond donors (Lipinski definition) is 1. The molecule has 1 atom stereocenters. The molecular formula is C14H18ClN3O2. The number of halogens is 1. The Morgan fingerprint density at radius 2 is 2.15 bits per heavy atom. The Hall–Kier alpha value is -1.59. The highest BCUT2D eigenvalue weighted by Gasteiger charge is 2.23. The molecule has 2 rings (SSSR count). The van der Waals surface area contributed by atoms with Gasteiger partial charge in [0.1, 0.15) is 6.10 Å². The highest BCUT2D eigenvalue weighted by molar-refractivity contribution is 6.31. The predicted molar refractivity (Wildman–Crippen MR) is 78.4 cm³/mol. The summed E-state index contributed by atoms with van der Waals surface area (Å²) in [4.78, 5) is 4.38. The minimum Gasteiger partial charge on any atom is -0.398 e. The van der Waals surface area contributed by atoms with Crippen LogP contribution in [0.1, 0.15) is 32.7 Å². The van der Waals surface area contributed by atoms with Gasteiger partial charge in [-0.25, -0.2) is 0 Å². The largest absolute Gasteiger partial charge is 0.398 e. The van der Waals surface area contributed by atoms with Crippen LogP contribution in [0.4, 0.5) is 5.69 Å². The van der Waals surface area contributed by atoms with Crippen molar-refractivity contribution in [2.45, 2.75) is 26.9 Å². The van der Waals surface area contributed by atoms with Crippen LogP contribution in [0.2, 0.25) is 5.02 Å². The molecule has 2 N–H and O–H groups in total. The van der Waals surface area contributed by atoms with Crippen molar-refractivity contribution in [2.75, 3.05) is 12.3 Å². The first-order valence-electron chi connectivity index (χ1n) is 6.53. The Kier molecular flexibility index (Phi) is 4.62. The number of ether oxygens (including phenoxy) is 1. The van der Waals surface area contributed by atoms with Crippen molar-refractivity contribution in [2.24, 2.45) is 5.92 Å². The van der Waals surface area contributed by atoms with E-state index in [9.17, 15) is 0 Å². The fourth-order valence-corrected chi connectivity index (χ4v) is 2.09. The first-order chi connectivity index (χ1) is 9.52. The number of anilines is 1. The van der Waals surface area contributed by atoms with E-state index in [1.165, 1.54) is 0 Å². The SMILES string of the molecule is CCOC(c1noc(-c2cc(Cl)ccc2N)n1)C(C)C. The van der Waals surface area contributed by atoms with E-state index in [1.54, 1.807) is 18.2 Å². The van der Waals surface area contributed by atoms with Crippen LogP contribution in [0.25, 0.3) is 11.5 Å². The van der Waals surface area contributed by atoms with E-state index in [1.807, 2.05) is 20.8 Å². The third kappa shape index (κ3) is 3.11.